The molecule has 0 amide bonds. The van der Waals surface area contributed by atoms with Gasteiger partial charge >= 0.3 is 0 Å². The summed E-state index contributed by atoms with van der Waals surface area (Å²) < 4.78 is 11.0. The molecule has 2 atom stereocenters. The third-order valence-corrected chi connectivity index (χ3v) is 3.77. The van der Waals surface area contributed by atoms with E-state index in [-0.39, 0.29) is 11.5 Å². The van der Waals surface area contributed by atoms with Gasteiger partial charge in [0.15, 0.2) is 5.82 Å². The Bertz CT molecular complexity index is 379. The Labute approximate surface area is 101 Å². The van der Waals surface area contributed by atoms with E-state index in [2.05, 4.69) is 22.4 Å². The lowest BCUT2D eigenvalue weighted by molar-refractivity contribution is 0.0282. The first kappa shape index (κ1) is 11.2. The number of hydrogen-bond donors (Lipinski definition) is 1. The van der Waals surface area contributed by atoms with Crippen molar-refractivity contribution < 1.29 is 9.26 Å². The van der Waals surface area contributed by atoms with Crippen molar-refractivity contribution in [1.82, 2.24) is 15.5 Å². The van der Waals surface area contributed by atoms with Gasteiger partial charge in [0.1, 0.15) is 0 Å². The van der Waals surface area contributed by atoms with Gasteiger partial charge in [-0.1, -0.05) is 5.16 Å². The average molecular weight is 237 g/mol. The quantitative estimate of drug-likeness (QED) is 0.846. The third kappa shape index (κ3) is 2.09. The molecule has 94 valence electrons. The van der Waals surface area contributed by atoms with Crippen molar-refractivity contribution in [1.29, 1.82) is 0 Å². The van der Waals surface area contributed by atoms with Gasteiger partial charge in [-0.2, -0.15) is 4.98 Å². The first-order valence-electron chi connectivity index (χ1n) is 6.43. The summed E-state index contributed by atoms with van der Waals surface area (Å²) in [4.78, 5) is 4.57. The van der Waals surface area contributed by atoms with E-state index in [1.807, 2.05) is 0 Å². The van der Waals surface area contributed by atoms with Crippen LogP contribution in [-0.2, 0) is 10.2 Å². The van der Waals surface area contributed by atoms with E-state index in [4.69, 9.17) is 9.26 Å². The number of aromatic nitrogens is 2. The van der Waals surface area contributed by atoms with Gasteiger partial charge in [-0.15, -0.1) is 0 Å². The summed E-state index contributed by atoms with van der Waals surface area (Å²) >= 11 is 0. The van der Waals surface area contributed by atoms with Crippen molar-refractivity contribution in [2.24, 2.45) is 0 Å². The van der Waals surface area contributed by atoms with Gasteiger partial charge in [0.2, 0.25) is 5.89 Å². The number of hydrogen-bond acceptors (Lipinski definition) is 5. The highest BCUT2D eigenvalue weighted by molar-refractivity contribution is 5.07. The van der Waals surface area contributed by atoms with Gasteiger partial charge in [-0.3, -0.25) is 0 Å². The SMILES string of the molecule is CC1(c2nc(C3CCCN3)no2)CCCOC1. The van der Waals surface area contributed by atoms with Crippen LogP contribution in [-0.4, -0.2) is 29.9 Å². The molecule has 0 aliphatic carbocycles. The van der Waals surface area contributed by atoms with Crippen molar-refractivity contribution in [3.05, 3.63) is 11.7 Å². The van der Waals surface area contributed by atoms with E-state index in [1.165, 1.54) is 6.42 Å². The van der Waals surface area contributed by atoms with Crippen molar-refractivity contribution in [3.63, 3.8) is 0 Å². The summed E-state index contributed by atoms with van der Waals surface area (Å²) in [5, 5.41) is 7.50. The van der Waals surface area contributed by atoms with Gasteiger partial charge in [-0.25, -0.2) is 0 Å². The maximum absolute atomic E-state index is 5.53. The van der Waals surface area contributed by atoms with Gasteiger partial charge < -0.3 is 14.6 Å². The van der Waals surface area contributed by atoms with Crippen molar-refractivity contribution in [2.75, 3.05) is 19.8 Å². The maximum Gasteiger partial charge on any atom is 0.234 e. The zero-order valence-electron chi connectivity index (χ0n) is 10.2. The van der Waals surface area contributed by atoms with Gasteiger partial charge in [0, 0.05) is 6.61 Å². The fourth-order valence-electron chi connectivity index (χ4n) is 2.63. The maximum atomic E-state index is 5.53. The fourth-order valence-corrected chi connectivity index (χ4v) is 2.63. The minimum absolute atomic E-state index is 0.0951. The smallest absolute Gasteiger partial charge is 0.234 e. The Morgan fingerprint density at radius 3 is 3.06 bits per heavy atom. The van der Waals surface area contributed by atoms with Crippen LogP contribution in [0.25, 0.3) is 0 Å². The van der Waals surface area contributed by atoms with Crippen LogP contribution in [0.15, 0.2) is 4.52 Å². The van der Waals surface area contributed by atoms with Crippen LogP contribution in [0.4, 0.5) is 0 Å². The van der Waals surface area contributed by atoms with E-state index in [1.54, 1.807) is 0 Å². The molecule has 1 aromatic heterocycles. The Morgan fingerprint density at radius 2 is 2.35 bits per heavy atom. The van der Waals surface area contributed by atoms with Crippen LogP contribution in [0.2, 0.25) is 0 Å². The lowest BCUT2D eigenvalue weighted by atomic mass is 9.85. The minimum Gasteiger partial charge on any atom is -0.380 e. The number of rotatable bonds is 2. The summed E-state index contributed by atoms with van der Waals surface area (Å²) in [5.41, 5.74) is -0.0951. The molecule has 0 saturated carbocycles. The second-order valence-corrected chi connectivity index (χ2v) is 5.32. The average Bonchev–Trinajstić information content (AvgIpc) is 3.01. The topological polar surface area (TPSA) is 60.2 Å². The van der Waals surface area contributed by atoms with E-state index in [0.717, 1.165) is 44.1 Å². The molecular weight excluding hydrogens is 218 g/mol. The lowest BCUT2D eigenvalue weighted by Gasteiger charge is -2.29. The molecule has 2 unspecified atom stereocenters. The predicted octanol–water partition coefficient (Wildman–Crippen LogP) is 1.56. The molecule has 2 fully saturated rings. The molecule has 3 heterocycles. The molecule has 2 saturated heterocycles. The first-order chi connectivity index (χ1) is 8.28. The second-order valence-electron chi connectivity index (χ2n) is 5.32. The molecular formula is C12H19N3O2. The number of ether oxygens (including phenoxy) is 1. The van der Waals surface area contributed by atoms with Gasteiger partial charge in [0.05, 0.1) is 18.1 Å². The minimum atomic E-state index is -0.0951. The second kappa shape index (κ2) is 4.38. The van der Waals surface area contributed by atoms with Crippen molar-refractivity contribution >= 4 is 0 Å². The molecule has 2 aliphatic heterocycles. The molecule has 1 N–H and O–H groups in total. The molecule has 5 nitrogen and oxygen atoms in total. The van der Waals surface area contributed by atoms with Crippen LogP contribution in [0.1, 0.15) is 50.4 Å². The van der Waals surface area contributed by atoms with E-state index in [0.29, 0.717) is 6.61 Å². The van der Waals surface area contributed by atoms with Crippen molar-refractivity contribution in [3.8, 4) is 0 Å². The molecule has 1 aromatic rings. The number of nitrogens with zero attached hydrogens (tertiary/aromatic N) is 2. The third-order valence-electron chi connectivity index (χ3n) is 3.77. The molecule has 0 radical (unpaired) electrons. The molecule has 17 heavy (non-hydrogen) atoms. The molecule has 5 heteroatoms. The zero-order valence-corrected chi connectivity index (χ0v) is 10.2. The standard InChI is InChI=1S/C12H19N3O2/c1-12(5-3-7-16-8-12)11-14-10(15-17-11)9-4-2-6-13-9/h9,13H,2-8H2,1H3. The monoisotopic (exact) mass is 237 g/mol. The fraction of sp³-hybridized carbons (Fsp3) is 0.833. The first-order valence-corrected chi connectivity index (χ1v) is 6.43. The molecule has 0 aromatic carbocycles. The van der Waals surface area contributed by atoms with E-state index >= 15 is 0 Å². The highest BCUT2D eigenvalue weighted by Gasteiger charge is 2.36. The Balaban J connectivity index is 1.78. The van der Waals surface area contributed by atoms with Crippen LogP contribution >= 0.6 is 0 Å². The van der Waals surface area contributed by atoms with Crippen molar-refractivity contribution in [2.45, 2.75) is 44.1 Å². The van der Waals surface area contributed by atoms with Crippen LogP contribution in [0, 0.1) is 0 Å². The van der Waals surface area contributed by atoms with E-state index in [9.17, 15) is 0 Å². The molecule has 2 aliphatic rings. The Hall–Kier alpha value is -0.940. The number of nitrogens with one attached hydrogen (secondary N) is 1. The van der Waals surface area contributed by atoms with Gasteiger partial charge in [-0.05, 0) is 39.2 Å². The molecule has 0 spiro atoms. The zero-order chi connectivity index (χ0) is 11.7. The highest BCUT2D eigenvalue weighted by atomic mass is 16.5. The van der Waals surface area contributed by atoms with E-state index < -0.39 is 0 Å². The molecule has 0 bridgehead atoms. The summed E-state index contributed by atoms with van der Waals surface area (Å²) in [6.07, 6.45) is 4.42. The van der Waals surface area contributed by atoms with Gasteiger partial charge in [0.25, 0.3) is 0 Å². The Morgan fingerprint density at radius 1 is 1.41 bits per heavy atom. The van der Waals surface area contributed by atoms with Crippen LogP contribution < -0.4 is 5.32 Å². The molecule has 3 rings (SSSR count). The summed E-state index contributed by atoms with van der Waals surface area (Å²) in [7, 11) is 0. The predicted molar refractivity (Wildman–Crippen MR) is 61.7 cm³/mol. The Kier molecular flexibility index (Phi) is 2.88. The van der Waals surface area contributed by atoms with Crippen LogP contribution in [0.5, 0.6) is 0 Å². The lowest BCUT2D eigenvalue weighted by Crippen LogP contribution is -2.33. The van der Waals surface area contributed by atoms with Crippen LogP contribution in [0.3, 0.4) is 0 Å². The summed E-state index contributed by atoms with van der Waals surface area (Å²) in [6.45, 7) is 4.73. The normalized spacial score (nSPS) is 34.1. The summed E-state index contributed by atoms with van der Waals surface area (Å²) in [5.74, 6) is 1.55. The summed E-state index contributed by atoms with van der Waals surface area (Å²) in [6, 6.07) is 0.278. The largest absolute Gasteiger partial charge is 0.380 e. The highest BCUT2D eigenvalue weighted by Crippen LogP contribution is 2.32.